The van der Waals surface area contributed by atoms with Gasteiger partial charge < -0.3 is 30.1 Å². The summed E-state index contributed by atoms with van der Waals surface area (Å²) in [4.78, 5) is 60.0. The van der Waals surface area contributed by atoms with E-state index in [1.165, 1.54) is 16.2 Å². The van der Waals surface area contributed by atoms with E-state index in [0.29, 0.717) is 54.9 Å². The van der Waals surface area contributed by atoms with E-state index in [9.17, 15) is 24.3 Å². The maximum Gasteiger partial charge on any atom is 0.326 e. The molecule has 0 saturated heterocycles. The number of rotatable bonds is 11. The van der Waals surface area contributed by atoms with Crippen molar-refractivity contribution in [2.75, 3.05) is 5.32 Å². The number of nitrogens with one attached hydrogen (secondary N) is 2. The van der Waals surface area contributed by atoms with Crippen LogP contribution in [0.25, 0.3) is 11.1 Å². The van der Waals surface area contributed by atoms with Crippen LogP contribution in [0.15, 0.2) is 115 Å². The van der Waals surface area contributed by atoms with Gasteiger partial charge in [0.1, 0.15) is 35.3 Å². The van der Waals surface area contributed by atoms with E-state index in [0.717, 1.165) is 16.7 Å². The summed E-state index contributed by atoms with van der Waals surface area (Å²) in [5.74, 6) is -1.68. The fourth-order valence-electron chi connectivity index (χ4n) is 7.16. The zero-order valence-corrected chi connectivity index (χ0v) is 33.8. The molecule has 0 saturated carbocycles. The summed E-state index contributed by atoms with van der Waals surface area (Å²) in [5, 5.41) is 27.4. The molecule has 3 N–H and O–H groups in total. The van der Waals surface area contributed by atoms with Gasteiger partial charge in [-0.2, -0.15) is 5.26 Å². The van der Waals surface area contributed by atoms with Crippen LogP contribution in [0.4, 0.5) is 5.69 Å². The highest BCUT2D eigenvalue weighted by Crippen LogP contribution is 2.40. The molecule has 1 unspecified atom stereocenters. The molecule has 0 radical (unpaired) electrons. The number of carbonyl (C=O) groups excluding carboxylic acids is 3. The molecule has 12 nitrogen and oxygen atoms in total. The first kappa shape index (κ1) is 40.1. The molecule has 0 bridgehead atoms. The molecule has 3 atom stereocenters. The maximum atomic E-state index is 14.1. The Hall–Kier alpha value is -6.72. The van der Waals surface area contributed by atoms with Gasteiger partial charge in [0.2, 0.25) is 12.0 Å². The van der Waals surface area contributed by atoms with Crippen molar-refractivity contribution < 1.29 is 33.8 Å². The Balaban J connectivity index is 0.995. The molecule has 3 amide bonds. The third kappa shape index (κ3) is 8.67. The minimum absolute atomic E-state index is 0.0163. The first-order chi connectivity index (χ1) is 29.0. The summed E-state index contributed by atoms with van der Waals surface area (Å²) in [7, 11) is 0. The van der Waals surface area contributed by atoms with Gasteiger partial charge in [0, 0.05) is 36.7 Å². The van der Waals surface area contributed by atoms with E-state index < -0.39 is 36.0 Å². The number of halogens is 2. The summed E-state index contributed by atoms with van der Waals surface area (Å²) in [6.07, 6.45) is 0.638. The molecule has 2 aliphatic heterocycles. The van der Waals surface area contributed by atoms with Crippen LogP contribution in [-0.4, -0.2) is 50.8 Å². The molecule has 0 fully saturated rings. The number of hydrogen-bond donors (Lipinski definition) is 3. The van der Waals surface area contributed by atoms with Crippen LogP contribution in [0.1, 0.15) is 49.2 Å². The van der Waals surface area contributed by atoms with Crippen LogP contribution in [0.3, 0.4) is 0 Å². The number of pyridine rings is 1. The summed E-state index contributed by atoms with van der Waals surface area (Å²) >= 11 is 13.2. The summed E-state index contributed by atoms with van der Waals surface area (Å²) in [5.41, 5.74) is 6.02. The predicted octanol–water partition coefficient (Wildman–Crippen LogP) is 8.02. The average molecular weight is 859 g/mol. The van der Waals surface area contributed by atoms with E-state index in [4.69, 9.17) is 37.9 Å². The number of hydrogen-bond acceptors (Lipinski definition) is 9. The number of ether oxygens (including phenoxy) is 2. The highest BCUT2D eigenvalue weighted by molar-refractivity contribution is 7.12. The predicted molar refractivity (Wildman–Crippen MR) is 225 cm³/mol. The molecule has 4 heterocycles. The SMILES string of the molecule is N#Cc1ccc(-c2cccc(CC(NC(=O)[C@@H]3Cc4cc5c(cc4CN3C(=O)c3cccs3)O[C@@H](c3ccc(OCc4cnc(Cl)c(Cl)c4)cc3)C(=O)N5)C(=O)O)c2)cc1. The number of aromatic nitrogens is 1. The summed E-state index contributed by atoms with van der Waals surface area (Å²) in [6.45, 7) is 0.234. The molecule has 8 rings (SSSR count). The number of carboxylic acids is 1. The Labute approximate surface area is 357 Å². The lowest BCUT2D eigenvalue weighted by molar-refractivity contribution is -0.142. The molecular formula is C45H33Cl2N5O7S. The molecule has 6 aromatic rings. The van der Waals surface area contributed by atoms with Crippen LogP contribution in [0.5, 0.6) is 11.5 Å². The quantitative estimate of drug-likeness (QED) is 0.109. The Bertz CT molecular complexity index is 2670. The maximum absolute atomic E-state index is 14.1. The summed E-state index contributed by atoms with van der Waals surface area (Å²) in [6, 6.07) is 29.6. The van der Waals surface area contributed by atoms with Gasteiger partial charge in [-0.15, -0.1) is 11.3 Å². The lowest BCUT2D eigenvalue weighted by atomic mass is 9.91. The topological polar surface area (TPSA) is 171 Å². The zero-order valence-electron chi connectivity index (χ0n) is 31.4. The Morgan fingerprint density at radius 1 is 0.983 bits per heavy atom. The number of amides is 3. The fourth-order valence-corrected chi connectivity index (χ4v) is 8.13. The largest absolute Gasteiger partial charge is 0.489 e. The number of benzene rings is 4. The molecule has 300 valence electrons. The van der Waals surface area contributed by atoms with Crippen molar-refractivity contribution in [2.45, 2.75) is 44.2 Å². The molecule has 4 aromatic carbocycles. The van der Waals surface area contributed by atoms with Gasteiger partial charge in [-0.05, 0) is 81.7 Å². The van der Waals surface area contributed by atoms with Gasteiger partial charge in [0.05, 0.1) is 27.2 Å². The lowest BCUT2D eigenvalue weighted by Gasteiger charge is -2.37. The van der Waals surface area contributed by atoms with Crippen molar-refractivity contribution in [2.24, 2.45) is 0 Å². The number of nitrogens with zero attached hydrogens (tertiary/aromatic N) is 3. The molecular weight excluding hydrogens is 825 g/mol. The Morgan fingerprint density at radius 2 is 1.78 bits per heavy atom. The lowest BCUT2D eigenvalue weighted by Crippen LogP contribution is -2.55. The van der Waals surface area contributed by atoms with E-state index in [1.807, 2.05) is 24.3 Å². The van der Waals surface area contributed by atoms with E-state index in [1.54, 1.807) is 90.4 Å². The summed E-state index contributed by atoms with van der Waals surface area (Å²) < 4.78 is 12.1. The van der Waals surface area contributed by atoms with Crippen LogP contribution in [-0.2, 0) is 40.4 Å². The fraction of sp³-hybridized carbons (Fsp3) is 0.156. The van der Waals surface area contributed by atoms with Gasteiger partial charge >= 0.3 is 5.97 Å². The number of fused-ring (bicyclic) bond motifs is 2. The van der Waals surface area contributed by atoms with Crippen molar-refractivity contribution in [3.05, 3.63) is 163 Å². The Morgan fingerprint density at radius 3 is 2.50 bits per heavy atom. The molecule has 15 heteroatoms. The standard InChI is InChI=1S/C45H33Cl2N5O7S/c46-34-16-27(22-49-41(34)47)24-58-33-12-10-29(11-13-33)40-43(54)50-35-18-31-19-37(52(23-32(31)20-38(35)59-40)44(55)39-5-2-14-60-39)42(53)51-36(45(56)57)17-26-3-1-4-30(15-26)28-8-6-25(21-48)7-9-28/h1-16,18,20,22,36-37,40H,17,19,23-24H2,(H,50,54)(H,51,53)(H,56,57)/t36?,37-,40-/m0/s1. The van der Waals surface area contributed by atoms with Crippen molar-refractivity contribution in [3.8, 4) is 28.7 Å². The van der Waals surface area contributed by atoms with E-state index in [2.05, 4.69) is 21.7 Å². The smallest absolute Gasteiger partial charge is 0.326 e. The first-order valence-corrected chi connectivity index (χ1v) is 20.3. The molecule has 2 aliphatic rings. The van der Waals surface area contributed by atoms with Crippen molar-refractivity contribution in [1.82, 2.24) is 15.2 Å². The van der Waals surface area contributed by atoms with Crippen LogP contribution >= 0.6 is 34.5 Å². The van der Waals surface area contributed by atoms with Crippen LogP contribution in [0, 0.1) is 11.3 Å². The van der Waals surface area contributed by atoms with Gasteiger partial charge in [-0.3, -0.25) is 14.4 Å². The molecule has 0 spiro atoms. The molecule has 2 aromatic heterocycles. The van der Waals surface area contributed by atoms with Gasteiger partial charge in [-0.1, -0.05) is 77.8 Å². The van der Waals surface area contributed by atoms with Gasteiger partial charge in [0.25, 0.3) is 11.8 Å². The Kier molecular flexibility index (Phi) is 11.5. The zero-order chi connectivity index (χ0) is 41.9. The number of anilines is 1. The van der Waals surface area contributed by atoms with Gasteiger partial charge in [-0.25, -0.2) is 9.78 Å². The second-order valence-corrected chi connectivity index (χ2v) is 15.9. The van der Waals surface area contributed by atoms with Crippen molar-refractivity contribution in [1.29, 1.82) is 5.26 Å². The third-order valence-corrected chi connectivity index (χ3v) is 11.8. The van der Waals surface area contributed by atoms with Crippen molar-refractivity contribution >= 4 is 63.9 Å². The second-order valence-electron chi connectivity index (χ2n) is 14.2. The molecule has 0 aliphatic carbocycles. The normalized spacial score (nSPS) is 15.9. The van der Waals surface area contributed by atoms with E-state index in [-0.39, 0.29) is 37.1 Å². The monoisotopic (exact) mass is 857 g/mol. The number of carboxylic acid groups (broad SMARTS) is 1. The minimum atomic E-state index is -1.30. The van der Waals surface area contributed by atoms with Crippen molar-refractivity contribution in [3.63, 3.8) is 0 Å². The molecule has 60 heavy (non-hydrogen) atoms. The average Bonchev–Trinajstić information content (AvgIpc) is 3.81. The highest BCUT2D eigenvalue weighted by Gasteiger charge is 2.39. The first-order valence-electron chi connectivity index (χ1n) is 18.7. The second kappa shape index (κ2) is 17.2. The highest BCUT2D eigenvalue weighted by atomic mass is 35.5. The van der Waals surface area contributed by atoms with Gasteiger partial charge in [0.15, 0.2) is 0 Å². The number of thiophene rings is 1. The number of aliphatic carboxylic acids is 1. The van der Waals surface area contributed by atoms with E-state index >= 15 is 0 Å². The third-order valence-electron chi connectivity index (χ3n) is 10.2. The van der Waals surface area contributed by atoms with Crippen LogP contribution < -0.4 is 20.1 Å². The van der Waals surface area contributed by atoms with Crippen LogP contribution in [0.2, 0.25) is 10.2 Å². The number of carbonyl (C=O) groups is 4. The number of nitriles is 1. The minimum Gasteiger partial charge on any atom is -0.489 e.